The van der Waals surface area contributed by atoms with Crippen molar-refractivity contribution in [1.82, 2.24) is 5.32 Å². The summed E-state index contributed by atoms with van der Waals surface area (Å²) in [5.74, 6) is -0.536. The van der Waals surface area contributed by atoms with Crippen LogP contribution in [0.4, 0.5) is 0 Å². The number of carbonyl (C=O) groups excluding carboxylic acids is 2. The second-order valence-electron chi connectivity index (χ2n) is 6.04. The van der Waals surface area contributed by atoms with Crippen molar-refractivity contribution in [3.8, 4) is 0 Å². The topological polar surface area (TPSA) is 55.4 Å². The van der Waals surface area contributed by atoms with Gasteiger partial charge in [0.2, 0.25) is 0 Å². The fraction of sp³-hybridized carbons (Fsp3) is 0.333. The summed E-state index contributed by atoms with van der Waals surface area (Å²) in [4.78, 5) is 25.5. The van der Waals surface area contributed by atoms with Gasteiger partial charge >= 0.3 is 5.97 Å². The van der Waals surface area contributed by atoms with Crippen molar-refractivity contribution in [1.29, 1.82) is 0 Å². The average molecular weight is 372 g/mol. The van der Waals surface area contributed by atoms with E-state index in [1.165, 1.54) is 5.56 Å². The summed E-state index contributed by atoms with van der Waals surface area (Å²) in [6, 6.07) is 17.2. The highest BCUT2D eigenvalue weighted by Crippen LogP contribution is 2.18. The van der Waals surface area contributed by atoms with E-state index in [0.29, 0.717) is 12.1 Å². The first-order valence-electron chi connectivity index (χ1n) is 8.72. The number of hydrogen-bond donors (Lipinski definition) is 1. The number of hydrogen-bond acceptors (Lipinski definition) is 4. The zero-order valence-electron chi connectivity index (χ0n) is 15.4. The fourth-order valence-corrected chi connectivity index (χ4v) is 3.01. The molecular formula is C21H25NO3S. The first-order chi connectivity index (χ1) is 12.5. The minimum absolute atomic E-state index is 0.238. The summed E-state index contributed by atoms with van der Waals surface area (Å²) in [5.41, 5.74) is 1.63. The summed E-state index contributed by atoms with van der Waals surface area (Å²) in [6.07, 6.45) is 2.05. The molecule has 0 bridgehead atoms. The molecule has 2 aromatic rings. The van der Waals surface area contributed by atoms with Gasteiger partial charge in [-0.05, 0) is 49.4 Å². The largest absolute Gasteiger partial charge is 0.449 e. The van der Waals surface area contributed by atoms with Gasteiger partial charge in [0.15, 0.2) is 6.10 Å². The molecule has 138 valence electrons. The molecule has 0 saturated heterocycles. The molecule has 1 N–H and O–H groups in total. The molecule has 1 amide bonds. The Labute approximate surface area is 159 Å². The minimum atomic E-state index is -0.837. The predicted molar refractivity (Wildman–Crippen MR) is 106 cm³/mol. The highest BCUT2D eigenvalue weighted by atomic mass is 32.2. The van der Waals surface area contributed by atoms with Crippen molar-refractivity contribution in [3.05, 3.63) is 65.7 Å². The van der Waals surface area contributed by atoms with E-state index in [1.54, 1.807) is 30.8 Å². The zero-order valence-corrected chi connectivity index (χ0v) is 16.2. The SMILES string of the molecule is CC[C@H](CNC(=O)[C@H](C)OC(=O)c1ccc(SC)cc1)c1ccccc1. The summed E-state index contributed by atoms with van der Waals surface area (Å²) in [6.45, 7) is 4.20. The normalized spacial score (nSPS) is 12.9. The van der Waals surface area contributed by atoms with E-state index in [9.17, 15) is 9.59 Å². The van der Waals surface area contributed by atoms with Gasteiger partial charge in [-0.1, -0.05) is 37.3 Å². The Morgan fingerprint density at radius 3 is 2.31 bits per heavy atom. The van der Waals surface area contributed by atoms with Crippen LogP contribution in [-0.4, -0.2) is 30.8 Å². The lowest BCUT2D eigenvalue weighted by Gasteiger charge is -2.18. The molecule has 2 rings (SSSR count). The van der Waals surface area contributed by atoms with Crippen molar-refractivity contribution >= 4 is 23.6 Å². The number of amides is 1. The van der Waals surface area contributed by atoms with E-state index < -0.39 is 12.1 Å². The first kappa shape index (κ1) is 20.0. The molecule has 4 nitrogen and oxygen atoms in total. The second kappa shape index (κ2) is 10.0. The Morgan fingerprint density at radius 1 is 1.08 bits per heavy atom. The molecule has 0 aliphatic rings. The second-order valence-corrected chi connectivity index (χ2v) is 6.92. The van der Waals surface area contributed by atoms with Crippen LogP contribution in [0.5, 0.6) is 0 Å². The van der Waals surface area contributed by atoms with Crippen LogP contribution in [0.2, 0.25) is 0 Å². The standard InChI is InChI=1S/C21H25NO3S/c1-4-16(17-8-6-5-7-9-17)14-22-20(23)15(2)25-21(24)18-10-12-19(26-3)13-11-18/h5-13,15-16H,4,14H2,1-3H3,(H,22,23)/t15-,16+/m0/s1. The summed E-state index contributed by atoms with van der Waals surface area (Å²) < 4.78 is 5.29. The Bertz CT molecular complexity index is 716. The number of benzene rings is 2. The maximum Gasteiger partial charge on any atom is 0.338 e. The van der Waals surface area contributed by atoms with Crippen LogP contribution in [0.1, 0.15) is 42.1 Å². The predicted octanol–water partition coefficient (Wildman–Crippen LogP) is 4.26. The number of carbonyl (C=O) groups is 2. The molecule has 0 radical (unpaired) electrons. The molecule has 0 saturated carbocycles. The smallest absolute Gasteiger partial charge is 0.338 e. The van der Waals surface area contributed by atoms with Gasteiger partial charge in [-0.25, -0.2) is 4.79 Å². The molecule has 0 spiro atoms. The minimum Gasteiger partial charge on any atom is -0.449 e. The van der Waals surface area contributed by atoms with Gasteiger partial charge in [0.05, 0.1) is 5.56 Å². The molecule has 5 heteroatoms. The lowest BCUT2D eigenvalue weighted by molar-refractivity contribution is -0.129. The van der Waals surface area contributed by atoms with E-state index in [-0.39, 0.29) is 11.8 Å². The molecule has 0 aliphatic carbocycles. The molecule has 2 atom stereocenters. The molecule has 0 aliphatic heterocycles. The summed E-state index contributed by atoms with van der Waals surface area (Å²) >= 11 is 1.60. The third-order valence-corrected chi connectivity index (χ3v) is 5.01. The van der Waals surface area contributed by atoms with Gasteiger partial charge in [0.25, 0.3) is 5.91 Å². The van der Waals surface area contributed by atoms with Crippen LogP contribution in [0.25, 0.3) is 0 Å². The van der Waals surface area contributed by atoms with Gasteiger partial charge in [-0.2, -0.15) is 0 Å². The van der Waals surface area contributed by atoms with Crippen molar-refractivity contribution in [2.24, 2.45) is 0 Å². The molecular weight excluding hydrogens is 346 g/mol. The highest BCUT2D eigenvalue weighted by molar-refractivity contribution is 7.98. The molecule has 0 aromatic heterocycles. The van der Waals surface area contributed by atoms with Crippen molar-refractivity contribution in [2.45, 2.75) is 37.2 Å². The average Bonchev–Trinajstić information content (AvgIpc) is 2.69. The summed E-state index contributed by atoms with van der Waals surface area (Å²) in [5, 5.41) is 2.89. The van der Waals surface area contributed by atoms with E-state index in [2.05, 4.69) is 24.4 Å². The quantitative estimate of drug-likeness (QED) is 0.556. The Morgan fingerprint density at radius 2 is 1.73 bits per heavy atom. The Hall–Kier alpha value is -2.27. The van der Waals surface area contributed by atoms with E-state index in [1.807, 2.05) is 36.6 Å². The zero-order chi connectivity index (χ0) is 18.9. The first-order valence-corrected chi connectivity index (χ1v) is 9.95. The maximum absolute atomic E-state index is 12.3. The van der Waals surface area contributed by atoms with Crippen LogP contribution in [-0.2, 0) is 9.53 Å². The maximum atomic E-state index is 12.3. The van der Waals surface area contributed by atoms with Gasteiger partial charge in [0.1, 0.15) is 0 Å². The fourth-order valence-electron chi connectivity index (χ4n) is 2.60. The third-order valence-electron chi connectivity index (χ3n) is 4.27. The Kier molecular flexibility index (Phi) is 7.73. The molecule has 0 fully saturated rings. The monoisotopic (exact) mass is 371 g/mol. The Balaban J connectivity index is 1.87. The lowest BCUT2D eigenvalue weighted by Crippen LogP contribution is -2.38. The lowest BCUT2D eigenvalue weighted by atomic mass is 9.96. The van der Waals surface area contributed by atoms with Crippen molar-refractivity contribution < 1.29 is 14.3 Å². The van der Waals surface area contributed by atoms with Crippen molar-refractivity contribution in [2.75, 3.05) is 12.8 Å². The van der Waals surface area contributed by atoms with Crippen molar-refractivity contribution in [3.63, 3.8) is 0 Å². The number of nitrogens with one attached hydrogen (secondary N) is 1. The molecule has 26 heavy (non-hydrogen) atoms. The van der Waals surface area contributed by atoms with Gasteiger partial charge < -0.3 is 10.1 Å². The molecule has 0 heterocycles. The van der Waals surface area contributed by atoms with Crippen LogP contribution in [0.15, 0.2) is 59.5 Å². The van der Waals surface area contributed by atoms with E-state index in [0.717, 1.165) is 11.3 Å². The summed E-state index contributed by atoms with van der Waals surface area (Å²) in [7, 11) is 0. The van der Waals surface area contributed by atoms with Crippen LogP contribution >= 0.6 is 11.8 Å². The van der Waals surface area contributed by atoms with Crippen LogP contribution < -0.4 is 5.32 Å². The molecule has 2 aromatic carbocycles. The van der Waals surface area contributed by atoms with Crippen LogP contribution in [0.3, 0.4) is 0 Å². The highest BCUT2D eigenvalue weighted by Gasteiger charge is 2.20. The van der Waals surface area contributed by atoms with Gasteiger partial charge in [-0.3, -0.25) is 4.79 Å². The number of esters is 1. The third kappa shape index (κ3) is 5.63. The van der Waals surface area contributed by atoms with E-state index in [4.69, 9.17) is 4.74 Å². The van der Waals surface area contributed by atoms with Gasteiger partial charge in [-0.15, -0.1) is 11.8 Å². The number of rotatable bonds is 8. The number of thioether (sulfide) groups is 1. The van der Waals surface area contributed by atoms with Gasteiger partial charge in [0, 0.05) is 17.4 Å². The van der Waals surface area contributed by atoms with Crippen LogP contribution in [0, 0.1) is 0 Å². The van der Waals surface area contributed by atoms with E-state index >= 15 is 0 Å². The molecule has 0 unspecified atom stereocenters. The number of ether oxygens (including phenoxy) is 1.